The summed E-state index contributed by atoms with van der Waals surface area (Å²) in [5.74, 6) is -0.181. The Morgan fingerprint density at radius 1 is 1.42 bits per heavy atom. The zero-order valence-electron chi connectivity index (χ0n) is 12.9. The Labute approximate surface area is 142 Å². The standard InChI is InChI=1S/C15H18F3N3O2S/c16-15(17,18)10-20-14(23)12-4-2-6-21(12)13(22)9-24-8-11-3-1-5-19-7-11/h1,3,5,7,12H,2,4,6,8-10H2,(H,20,23). The van der Waals surface area contributed by atoms with E-state index in [4.69, 9.17) is 0 Å². The Morgan fingerprint density at radius 3 is 2.88 bits per heavy atom. The third-order valence-corrected chi connectivity index (χ3v) is 4.54. The van der Waals surface area contributed by atoms with Crippen molar-refractivity contribution in [3.8, 4) is 0 Å². The van der Waals surface area contributed by atoms with E-state index in [0.717, 1.165) is 5.56 Å². The monoisotopic (exact) mass is 361 g/mol. The average molecular weight is 361 g/mol. The summed E-state index contributed by atoms with van der Waals surface area (Å²) in [6, 6.07) is 2.89. The van der Waals surface area contributed by atoms with Crippen LogP contribution in [-0.4, -0.2) is 52.8 Å². The maximum Gasteiger partial charge on any atom is 0.405 e. The van der Waals surface area contributed by atoms with Crippen molar-refractivity contribution in [2.24, 2.45) is 0 Å². The second-order valence-electron chi connectivity index (χ2n) is 5.43. The minimum absolute atomic E-state index is 0.179. The van der Waals surface area contributed by atoms with E-state index in [9.17, 15) is 22.8 Å². The van der Waals surface area contributed by atoms with Crippen LogP contribution in [0.15, 0.2) is 24.5 Å². The molecule has 2 heterocycles. The normalized spacial score (nSPS) is 17.8. The number of nitrogens with zero attached hydrogens (tertiary/aromatic N) is 2. The first-order valence-electron chi connectivity index (χ1n) is 7.47. The molecule has 24 heavy (non-hydrogen) atoms. The fourth-order valence-corrected chi connectivity index (χ4v) is 3.31. The highest BCUT2D eigenvalue weighted by atomic mass is 32.2. The Bertz CT molecular complexity index is 569. The zero-order chi connectivity index (χ0) is 17.6. The number of amides is 2. The molecule has 9 heteroatoms. The van der Waals surface area contributed by atoms with Crippen LogP contribution in [0.4, 0.5) is 13.2 Å². The fraction of sp³-hybridized carbons (Fsp3) is 0.533. The molecule has 1 aliphatic heterocycles. The molecule has 0 bridgehead atoms. The number of likely N-dealkylation sites (tertiary alicyclic amines) is 1. The van der Waals surface area contributed by atoms with Gasteiger partial charge in [0.05, 0.1) is 5.75 Å². The van der Waals surface area contributed by atoms with Crippen molar-refractivity contribution in [3.05, 3.63) is 30.1 Å². The summed E-state index contributed by atoms with van der Waals surface area (Å²) in [6.07, 6.45) is -0.0804. The van der Waals surface area contributed by atoms with Crippen LogP contribution in [0.3, 0.4) is 0 Å². The van der Waals surface area contributed by atoms with Gasteiger partial charge in [0.25, 0.3) is 0 Å². The van der Waals surface area contributed by atoms with Crippen LogP contribution < -0.4 is 5.32 Å². The highest BCUT2D eigenvalue weighted by Gasteiger charge is 2.36. The number of aromatic nitrogens is 1. The van der Waals surface area contributed by atoms with Gasteiger partial charge in [-0.25, -0.2) is 0 Å². The van der Waals surface area contributed by atoms with Crippen molar-refractivity contribution < 1.29 is 22.8 Å². The zero-order valence-corrected chi connectivity index (χ0v) is 13.7. The minimum Gasteiger partial charge on any atom is -0.345 e. The Morgan fingerprint density at radius 2 is 2.21 bits per heavy atom. The van der Waals surface area contributed by atoms with E-state index in [2.05, 4.69) is 4.98 Å². The number of alkyl halides is 3. The predicted molar refractivity (Wildman–Crippen MR) is 84.2 cm³/mol. The van der Waals surface area contributed by atoms with Gasteiger partial charge >= 0.3 is 6.18 Å². The molecule has 132 valence electrons. The molecule has 1 fully saturated rings. The van der Waals surface area contributed by atoms with Crippen molar-refractivity contribution in [2.45, 2.75) is 30.8 Å². The highest BCUT2D eigenvalue weighted by Crippen LogP contribution is 2.21. The first-order chi connectivity index (χ1) is 11.4. The Balaban J connectivity index is 1.80. The number of nitrogens with one attached hydrogen (secondary N) is 1. The minimum atomic E-state index is -4.46. The van der Waals surface area contributed by atoms with Gasteiger partial charge in [-0.3, -0.25) is 14.6 Å². The number of hydrogen-bond acceptors (Lipinski definition) is 4. The smallest absolute Gasteiger partial charge is 0.345 e. The molecule has 1 unspecified atom stereocenters. The van der Waals surface area contributed by atoms with Crippen LogP contribution in [0.25, 0.3) is 0 Å². The van der Waals surface area contributed by atoms with Crippen molar-refractivity contribution in [2.75, 3.05) is 18.8 Å². The molecule has 0 spiro atoms. The Hall–Kier alpha value is -1.77. The van der Waals surface area contributed by atoms with Gasteiger partial charge in [0.1, 0.15) is 12.6 Å². The first-order valence-corrected chi connectivity index (χ1v) is 8.63. The lowest BCUT2D eigenvalue weighted by molar-refractivity contribution is -0.144. The molecule has 0 saturated carbocycles. The molecule has 1 aromatic rings. The number of thioether (sulfide) groups is 1. The van der Waals surface area contributed by atoms with Crippen LogP contribution in [0.1, 0.15) is 18.4 Å². The predicted octanol–water partition coefficient (Wildman–Crippen LogP) is 1.98. The quantitative estimate of drug-likeness (QED) is 0.842. The topological polar surface area (TPSA) is 62.3 Å². The molecule has 1 atom stereocenters. The van der Waals surface area contributed by atoms with E-state index >= 15 is 0 Å². The second kappa shape index (κ2) is 8.36. The van der Waals surface area contributed by atoms with Crippen LogP contribution >= 0.6 is 11.8 Å². The van der Waals surface area contributed by atoms with E-state index in [1.54, 1.807) is 18.5 Å². The summed E-state index contributed by atoms with van der Waals surface area (Å²) in [4.78, 5) is 29.5. The molecule has 1 saturated heterocycles. The van der Waals surface area contributed by atoms with Crippen molar-refractivity contribution in [3.63, 3.8) is 0 Å². The van der Waals surface area contributed by atoms with Gasteiger partial charge in [-0.15, -0.1) is 11.8 Å². The molecular formula is C15H18F3N3O2S. The number of hydrogen-bond donors (Lipinski definition) is 1. The van der Waals surface area contributed by atoms with Crippen LogP contribution in [-0.2, 0) is 15.3 Å². The molecule has 5 nitrogen and oxygen atoms in total. The molecular weight excluding hydrogens is 343 g/mol. The summed E-state index contributed by atoms with van der Waals surface area (Å²) < 4.78 is 36.5. The summed E-state index contributed by atoms with van der Waals surface area (Å²) >= 11 is 1.39. The lowest BCUT2D eigenvalue weighted by Crippen LogP contribution is -2.48. The van der Waals surface area contributed by atoms with Gasteiger partial charge in [0.2, 0.25) is 11.8 Å². The van der Waals surface area contributed by atoms with Gasteiger partial charge in [-0.05, 0) is 24.5 Å². The number of carbonyl (C=O) groups excluding carboxylic acids is 2. The van der Waals surface area contributed by atoms with Crippen LogP contribution in [0.2, 0.25) is 0 Å². The molecule has 1 aliphatic rings. The maximum atomic E-state index is 12.2. The lowest BCUT2D eigenvalue weighted by Gasteiger charge is -2.24. The van der Waals surface area contributed by atoms with Crippen LogP contribution in [0.5, 0.6) is 0 Å². The van der Waals surface area contributed by atoms with Crippen molar-refractivity contribution in [1.29, 1.82) is 0 Å². The first kappa shape index (κ1) is 18.6. The van der Waals surface area contributed by atoms with E-state index < -0.39 is 24.7 Å². The van der Waals surface area contributed by atoms with E-state index in [1.807, 2.05) is 11.4 Å². The molecule has 2 amide bonds. The molecule has 0 radical (unpaired) electrons. The van der Waals surface area contributed by atoms with Gasteiger partial charge in [-0.2, -0.15) is 13.2 Å². The van der Waals surface area contributed by atoms with E-state index in [0.29, 0.717) is 25.1 Å². The lowest BCUT2D eigenvalue weighted by atomic mass is 10.2. The van der Waals surface area contributed by atoms with E-state index in [-0.39, 0.29) is 11.7 Å². The van der Waals surface area contributed by atoms with Gasteiger partial charge in [-0.1, -0.05) is 6.07 Å². The van der Waals surface area contributed by atoms with Gasteiger partial charge in [0, 0.05) is 24.7 Å². The number of rotatable bonds is 6. The molecule has 1 aromatic heterocycles. The average Bonchev–Trinajstić information content (AvgIpc) is 3.02. The maximum absolute atomic E-state index is 12.2. The summed E-state index contributed by atoms with van der Waals surface area (Å²) in [7, 11) is 0. The molecule has 0 aromatic carbocycles. The Kier molecular flexibility index (Phi) is 6.47. The largest absolute Gasteiger partial charge is 0.405 e. The number of halogens is 3. The second-order valence-corrected chi connectivity index (χ2v) is 6.42. The third kappa shape index (κ3) is 5.70. The molecule has 1 N–H and O–H groups in total. The van der Waals surface area contributed by atoms with Crippen molar-refractivity contribution in [1.82, 2.24) is 15.2 Å². The van der Waals surface area contributed by atoms with Gasteiger partial charge in [0.15, 0.2) is 0 Å². The SMILES string of the molecule is O=C(NCC(F)(F)F)C1CCCN1C(=O)CSCc1cccnc1. The molecule has 0 aliphatic carbocycles. The summed E-state index contributed by atoms with van der Waals surface area (Å²) in [6.45, 7) is -0.976. The van der Waals surface area contributed by atoms with Gasteiger partial charge < -0.3 is 10.2 Å². The van der Waals surface area contributed by atoms with Crippen LogP contribution in [0, 0.1) is 0 Å². The highest BCUT2D eigenvalue weighted by molar-refractivity contribution is 7.99. The summed E-state index contributed by atoms with van der Waals surface area (Å²) in [5.41, 5.74) is 0.983. The van der Waals surface area contributed by atoms with E-state index in [1.165, 1.54) is 16.7 Å². The fourth-order valence-electron chi connectivity index (χ4n) is 2.47. The third-order valence-electron chi connectivity index (χ3n) is 3.56. The summed E-state index contributed by atoms with van der Waals surface area (Å²) in [5, 5.41) is 1.86. The number of carbonyl (C=O) groups is 2. The van der Waals surface area contributed by atoms with Crippen molar-refractivity contribution >= 4 is 23.6 Å². The molecule has 2 rings (SSSR count). The number of pyridine rings is 1.